The number of ketones is 1. The maximum Gasteiger partial charge on any atom is 0.327 e. The summed E-state index contributed by atoms with van der Waals surface area (Å²) in [7, 11) is 5.34. The van der Waals surface area contributed by atoms with E-state index in [-0.39, 0.29) is 29.6 Å². The molecule has 1 saturated carbocycles. The maximum absolute atomic E-state index is 12.2. The van der Waals surface area contributed by atoms with Crippen LogP contribution in [0, 0.1) is 5.92 Å². The molecular weight excluding hydrogens is 282 g/mol. The molecule has 19 heavy (non-hydrogen) atoms. The van der Waals surface area contributed by atoms with Crippen molar-refractivity contribution in [1.82, 2.24) is 9.78 Å². The zero-order chi connectivity index (χ0) is 13.7. The van der Waals surface area contributed by atoms with E-state index >= 15 is 0 Å². The number of nitrogens with zero attached hydrogens (tertiary/aromatic N) is 2. The molecule has 0 spiro atoms. The van der Waals surface area contributed by atoms with Crippen molar-refractivity contribution in [3.63, 3.8) is 0 Å². The molecule has 1 heterocycles. The van der Waals surface area contributed by atoms with Gasteiger partial charge in [-0.05, 0) is 19.3 Å². The second-order valence-corrected chi connectivity index (χ2v) is 7.16. The average molecular weight is 298 g/mol. The van der Waals surface area contributed by atoms with Gasteiger partial charge >= 0.3 is 5.97 Å². The van der Waals surface area contributed by atoms with Gasteiger partial charge in [0.2, 0.25) is 0 Å². The highest BCUT2D eigenvalue weighted by molar-refractivity contribution is 7.37. The molecule has 5 nitrogen and oxygen atoms in total. The Balaban J connectivity index is 1.98. The Labute approximate surface area is 115 Å². The molecule has 2 aliphatic rings. The first-order valence-corrected chi connectivity index (χ1v) is 7.69. The van der Waals surface area contributed by atoms with Gasteiger partial charge in [0.05, 0.1) is 12.3 Å². The van der Waals surface area contributed by atoms with Gasteiger partial charge < -0.3 is 4.74 Å². The molecule has 4 unspecified atom stereocenters. The number of esters is 1. The first kappa shape index (κ1) is 13.2. The summed E-state index contributed by atoms with van der Waals surface area (Å²) in [5.74, 6) is 0.251. The molecule has 7 heteroatoms. The van der Waals surface area contributed by atoms with E-state index in [0.29, 0.717) is 18.2 Å². The first-order chi connectivity index (χ1) is 9.04. The number of Topliss-reactive ketones (excluding diaryl/α,β-unsaturated/α-hetero) is 1. The highest BCUT2D eigenvalue weighted by atomic mass is 31.1. The molecule has 0 aromatic carbocycles. The van der Waals surface area contributed by atoms with Gasteiger partial charge in [0, 0.05) is 16.9 Å². The number of aromatic nitrogens is 2. The molecule has 0 N–H and O–H groups in total. The Morgan fingerprint density at radius 3 is 2.89 bits per heavy atom. The van der Waals surface area contributed by atoms with Crippen LogP contribution in [0.2, 0.25) is 0 Å². The van der Waals surface area contributed by atoms with Crippen LogP contribution in [0.15, 0.2) is 0 Å². The number of rotatable bonds is 4. The maximum atomic E-state index is 12.2. The SMILES string of the molecule is CCOC(=O)Cn1nc(C(P)P)c2c1C(=O)C1CC21. The van der Waals surface area contributed by atoms with Crippen molar-refractivity contribution < 1.29 is 14.3 Å². The van der Waals surface area contributed by atoms with Crippen LogP contribution >= 0.6 is 18.5 Å². The zero-order valence-electron chi connectivity index (χ0n) is 10.6. The molecule has 1 fully saturated rings. The minimum Gasteiger partial charge on any atom is -0.465 e. The fourth-order valence-corrected chi connectivity index (χ4v) is 3.28. The van der Waals surface area contributed by atoms with Gasteiger partial charge in [0.15, 0.2) is 5.78 Å². The second kappa shape index (κ2) is 4.64. The van der Waals surface area contributed by atoms with Crippen LogP contribution in [0.25, 0.3) is 0 Å². The molecule has 0 saturated heterocycles. The van der Waals surface area contributed by atoms with E-state index in [4.69, 9.17) is 4.74 Å². The number of carbonyl (C=O) groups is 2. The minimum absolute atomic E-state index is 0.0173. The summed E-state index contributed by atoms with van der Waals surface area (Å²) >= 11 is 0. The van der Waals surface area contributed by atoms with Crippen molar-refractivity contribution in [2.75, 3.05) is 6.61 Å². The second-order valence-electron chi connectivity index (χ2n) is 4.95. The molecular formula is C12H16N2O3P2. The molecule has 102 valence electrons. The fourth-order valence-electron chi connectivity index (χ4n) is 2.79. The van der Waals surface area contributed by atoms with Crippen molar-refractivity contribution in [2.24, 2.45) is 5.92 Å². The molecule has 3 rings (SSSR count). The normalized spacial score (nSPS) is 23.5. The monoisotopic (exact) mass is 298 g/mol. The van der Waals surface area contributed by atoms with Crippen molar-refractivity contribution in [1.29, 1.82) is 0 Å². The van der Waals surface area contributed by atoms with Gasteiger partial charge in [0.25, 0.3) is 0 Å². The standard InChI is InChI=1S/C12H16N2O3P2/c1-2-17-7(15)4-14-10-8(9(13-14)12(18)19)5-3-6(5)11(10)16/h5-6,12H,2-4,18-19H2,1H3. The summed E-state index contributed by atoms with van der Waals surface area (Å²) in [5.41, 5.74) is 2.57. The van der Waals surface area contributed by atoms with Gasteiger partial charge in [-0.3, -0.25) is 9.59 Å². The van der Waals surface area contributed by atoms with E-state index in [1.165, 1.54) is 4.68 Å². The predicted molar refractivity (Wildman–Crippen MR) is 76.2 cm³/mol. The van der Waals surface area contributed by atoms with Crippen molar-refractivity contribution >= 4 is 30.2 Å². The molecule has 0 radical (unpaired) electrons. The Bertz CT molecular complexity index is 568. The van der Waals surface area contributed by atoms with Crippen molar-refractivity contribution in [2.45, 2.75) is 31.2 Å². The van der Waals surface area contributed by atoms with Crippen LogP contribution in [0.4, 0.5) is 0 Å². The minimum atomic E-state index is -0.350. The topological polar surface area (TPSA) is 61.2 Å². The molecule has 1 aromatic heterocycles. The number of fused-ring (bicyclic) bond motifs is 3. The van der Waals surface area contributed by atoms with Gasteiger partial charge in [-0.2, -0.15) is 5.10 Å². The number of carbonyl (C=O) groups excluding carboxylic acids is 2. The first-order valence-electron chi connectivity index (χ1n) is 6.36. The Morgan fingerprint density at radius 2 is 2.26 bits per heavy atom. The molecule has 0 bridgehead atoms. The molecule has 4 atom stereocenters. The van der Waals surface area contributed by atoms with Crippen LogP contribution in [-0.4, -0.2) is 28.1 Å². The third kappa shape index (κ3) is 2.04. The summed E-state index contributed by atoms with van der Waals surface area (Å²) in [4.78, 5) is 23.8. The lowest BCUT2D eigenvalue weighted by molar-refractivity contribution is -0.144. The van der Waals surface area contributed by atoms with E-state index in [1.54, 1.807) is 6.92 Å². The smallest absolute Gasteiger partial charge is 0.327 e. The van der Waals surface area contributed by atoms with Crippen molar-refractivity contribution in [3.8, 4) is 0 Å². The quantitative estimate of drug-likeness (QED) is 0.624. The third-order valence-corrected chi connectivity index (χ3v) is 4.28. The summed E-state index contributed by atoms with van der Waals surface area (Å²) in [6.45, 7) is 2.12. The van der Waals surface area contributed by atoms with E-state index in [2.05, 4.69) is 23.6 Å². The number of hydrogen-bond donors (Lipinski definition) is 0. The summed E-state index contributed by atoms with van der Waals surface area (Å²) < 4.78 is 6.45. The Kier molecular flexibility index (Phi) is 3.23. The van der Waals surface area contributed by atoms with Gasteiger partial charge in [-0.1, -0.05) is 0 Å². The zero-order valence-corrected chi connectivity index (χ0v) is 12.9. The van der Waals surface area contributed by atoms with Gasteiger partial charge in [-0.15, -0.1) is 18.5 Å². The summed E-state index contributed by atoms with van der Waals surface area (Å²) in [6.07, 6.45) is 0.936. The fraction of sp³-hybridized carbons (Fsp3) is 0.583. The molecule has 0 amide bonds. The lowest BCUT2D eigenvalue weighted by Gasteiger charge is -2.05. The lowest BCUT2D eigenvalue weighted by Crippen LogP contribution is -2.18. The highest BCUT2D eigenvalue weighted by Gasteiger charge is 2.55. The van der Waals surface area contributed by atoms with E-state index in [9.17, 15) is 9.59 Å². The van der Waals surface area contributed by atoms with Gasteiger partial charge in [0.1, 0.15) is 12.2 Å². The van der Waals surface area contributed by atoms with E-state index in [0.717, 1.165) is 17.7 Å². The highest BCUT2D eigenvalue weighted by Crippen LogP contribution is 2.58. The lowest BCUT2D eigenvalue weighted by atomic mass is 10.1. The van der Waals surface area contributed by atoms with Crippen LogP contribution < -0.4 is 0 Å². The van der Waals surface area contributed by atoms with Crippen LogP contribution in [-0.2, 0) is 16.1 Å². The van der Waals surface area contributed by atoms with Crippen molar-refractivity contribution in [3.05, 3.63) is 17.0 Å². The summed E-state index contributed by atoms with van der Waals surface area (Å²) in [5, 5.41) is 4.54. The molecule has 0 aliphatic heterocycles. The van der Waals surface area contributed by atoms with E-state index in [1.807, 2.05) is 0 Å². The Hall–Kier alpha value is -0.790. The largest absolute Gasteiger partial charge is 0.465 e. The average Bonchev–Trinajstić information content (AvgIpc) is 2.96. The van der Waals surface area contributed by atoms with E-state index < -0.39 is 0 Å². The van der Waals surface area contributed by atoms with Gasteiger partial charge in [-0.25, -0.2) is 4.68 Å². The van der Waals surface area contributed by atoms with Crippen LogP contribution in [0.3, 0.4) is 0 Å². The number of hydrogen-bond acceptors (Lipinski definition) is 4. The Morgan fingerprint density at radius 1 is 1.53 bits per heavy atom. The number of ether oxygens (including phenoxy) is 1. The third-order valence-electron chi connectivity index (χ3n) is 3.65. The predicted octanol–water partition coefficient (Wildman–Crippen LogP) is 1.49. The van der Waals surface area contributed by atoms with Crippen LogP contribution in [0.5, 0.6) is 0 Å². The molecule has 1 aromatic rings. The summed E-state index contributed by atoms with van der Waals surface area (Å²) in [6, 6.07) is 0. The molecule has 2 aliphatic carbocycles. The van der Waals surface area contributed by atoms with Crippen LogP contribution in [0.1, 0.15) is 46.4 Å².